The van der Waals surface area contributed by atoms with Crippen LogP contribution < -0.4 is 0 Å². The van der Waals surface area contributed by atoms with Gasteiger partial charge in [-0.3, -0.25) is 14.8 Å². The minimum atomic E-state index is 0.134. The molecule has 5 nitrogen and oxygen atoms in total. The molecule has 1 aliphatic carbocycles. The van der Waals surface area contributed by atoms with E-state index < -0.39 is 0 Å². The zero-order valence-electron chi connectivity index (χ0n) is 11.1. The van der Waals surface area contributed by atoms with Gasteiger partial charge in [-0.05, 0) is 26.7 Å². The molecule has 2 aliphatic rings. The molecule has 3 rings (SSSR count). The Bertz CT molecular complexity index is 436. The SMILES string of the molecule is Cc1n[nH]c(C)c1C(=O)N1CCN(C2CC2)CC1. The Labute approximate surface area is 107 Å². The molecule has 18 heavy (non-hydrogen) atoms. The molecule has 98 valence electrons. The lowest BCUT2D eigenvalue weighted by Crippen LogP contribution is -2.49. The van der Waals surface area contributed by atoms with Gasteiger partial charge in [-0.1, -0.05) is 0 Å². The van der Waals surface area contributed by atoms with Crippen LogP contribution in [0, 0.1) is 13.8 Å². The van der Waals surface area contributed by atoms with Gasteiger partial charge < -0.3 is 4.90 Å². The molecule has 1 aliphatic heterocycles. The summed E-state index contributed by atoms with van der Waals surface area (Å²) < 4.78 is 0. The molecule has 0 bridgehead atoms. The fourth-order valence-corrected chi connectivity index (χ4v) is 2.75. The van der Waals surface area contributed by atoms with Gasteiger partial charge in [-0.25, -0.2) is 0 Å². The van der Waals surface area contributed by atoms with Crippen molar-refractivity contribution in [2.24, 2.45) is 0 Å². The first-order valence-corrected chi connectivity index (χ1v) is 6.71. The number of amides is 1. The molecule has 0 spiro atoms. The summed E-state index contributed by atoms with van der Waals surface area (Å²) in [5.74, 6) is 0.134. The van der Waals surface area contributed by atoms with Gasteiger partial charge in [0.25, 0.3) is 5.91 Å². The fourth-order valence-electron chi connectivity index (χ4n) is 2.75. The number of aromatic nitrogens is 2. The number of nitrogens with zero attached hydrogens (tertiary/aromatic N) is 3. The predicted octanol–water partition coefficient (Wildman–Crippen LogP) is 0.947. The number of H-pyrrole nitrogens is 1. The van der Waals surface area contributed by atoms with Gasteiger partial charge in [-0.2, -0.15) is 5.10 Å². The van der Waals surface area contributed by atoms with Crippen LogP contribution in [0.25, 0.3) is 0 Å². The molecule has 1 saturated heterocycles. The van der Waals surface area contributed by atoms with E-state index in [0.717, 1.165) is 49.2 Å². The van der Waals surface area contributed by atoms with E-state index in [9.17, 15) is 4.79 Å². The smallest absolute Gasteiger partial charge is 0.257 e. The minimum absolute atomic E-state index is 0.134. The third-order valence-corrected chi connectivity index (χ3v) is 4.01. The van der Waals surface area contributed by atoms with Gasteiger partial charge in [0.2, 0.25) is 0 Å². The minimum Gasteiger partial charge on any atom is -0.336 e. The Morgan fingerprint density at radius 2 is 1.89 bits per heavy atom. The third kappa shape index (κ3) is 2.03. The van der Waals surface area contributed by atoms with Gasteiger partial charge in [0, 0.05) is 37.9 Å². The number of piperazine rings is 1. The molecule has 5 heteroatoms. The highest BCUT2D eigenvalue weighted by Gasteiger charge is 2.33. The third-order valence-electron chi connectivity index (χ3n) is 4.01. The van der Waals surface area contributed by atoms with Crippen molar-refractivity contribution in [2.75, 3.05) is 26.2 Å². The monoisotopic (exact) mass is 248 g/mol. The summed E-state index contributed by atoms with van der Waals surface area (Å²) in [5, 5.41) is 6.99. The standard InChI is InChI=1S/C13H20N4O/c1-9-12(10(2)15-14-9)13(18)17-7-5-16(6-8-17)11-3-4-11/h11H,3-8H2,1-2H3,(H,14,15). The van der Waals surface area contributed by atoms with Gasteiger partial charge in [0.1, 0.15) is 0 Å². The Balaban J connectivity index is 1.67. The second-order valence-corrected chi connectivity index (χ2v) is 5.37. The van der Waals surface area contributed by atoms with Gasteiger partial charge >= 0.3 is 0 Å². The van der Waals surface area contributed by atoms with Crippen molar-refractivity contribution in [3.63, 3.8) is 0 Å². The van der Waals surface area contributed by atoms with Crippen molar-refractivity contribution in [1.29, 1.82) is 0 Å². The molecule has 1 saturated carbocycles. The maximum Gasteiger partial charge on any atom is 0.257 e. The maximum absolute atomic E-state index is 12.4. The normalized spacial score (nSPS) is 21.3. The number of aryl methyl sites for hydroxylation is 2. The molecular weight excluding hydrogens is 228 g/mol. The Hall–Kier alpha value is -1.36. The highest BCUT2D eigenvalue weighted by atomic mass is 16.2. The summed E-state index contributed by atoms with van der Waals surface area (Å²) in [5.41, 5.74) is 2.44. The Morgan fingerprint density at radius 1 is 1.22 bits per heavy atom. The first-order valence-electron chi connectivity index (χ1n) is 6.71. The van der Waals surface area contributed by atoms with Crippen LogP contribution in [0.1, 0.15) is 34.6 Å². The van der Waals surface area contributed by atoms with Crippen molar-refractivity contribution < 1.29 is 4.79 Å². The molecule has 0 radical (unpaired) electrons. The lowest BCUT2D eigenvalue weighted by Gasteiger charge is -2.34. The summed E-state index contributed by atoms with van der Waals surface area (Å²) in [4.78, 5) is 16.9. The molecular formula is C13H20N4O. The van der Waals surface area contributed by atoms with E-state index in [-0.39, 0.29) is 5.91 Å². The van der Waals surface area contributed by atoms with E-state index >= 15 is 0 Å². The molecule has 1 aromatic rings. The topological polar surface area (TPSA) is 52.2 Å². The second kappa shape index (κ2) is 4.39. The second-order valence-electron chi connectivity index (χ2n) is 5.37. The number of hydrogen-bond acceptors (Lipinski definition) is 3. The molecule has 1 aromatic heterocycles. The lowest BCUT2D eigenvalue weighted by atomic mass is 10.1. The first kappa shape index (κ1) is 11.7. The maximum atomic E-state index is 12.4. The molecule has 0 aromatic carbocycles. The van der Waals surface area contributed by atoms with Crippen LogP contribution >= 0.6 is 0 Å². The van der Waals surface area contributed by atoms with Gasteiger partial charge in [0.15, 0.2) is 0 Å². The Morgan fingerprint density at radius 3 is 2.39 bits per heavy atom. The quantitative estimate of drug-likeness (QED) is 0.847. The molecule has 1 N–H and O–H groups in total. The number of rotatable bonds is 2. The van der Waals surface area contributed by atoms with E-state index in [1.54, 1.807) is 0 Å². The van der Waals surface area contributed by atoms with Gasteiger partial charge in [-0.15, -0.1) is 0 Å². The number of hydrogen-bond donors (Lipinski definition) is 1. The van der Waals surface area contributed by atoms with E-state index in [4.69, 9.17) is 0 Å². The van der Waals surface area contributed by atoms with Crippen molar-refractivity contribution in [1.82, 2.24) is 20.0 Å². The fraction of sp³-hybridized carbons (Fsp3) is 0.692. The van der Waals surface area contributed by atoms with Crippen LogP contribution in [-0.4, -0.2) is 58.1 Å². The predicted molar refractivity (Wildman–Crippen MR) is 68.6 cm³/mol. The number of aromatic amines is 1. The first-order chi connectivity index (χ1) is 8.66. The summed E-state index contributed by atoms with van der Waals surface area (Å²) in [6, 6.07) is 0.805. The summed E-state index contributed by atoms with van der Waals surface area (Å²) >= 11 is 0. The van der Waals surface area contributed by atoms with Crippen molar-refractivity contribution in [3.05, 3.63) is 17.0 Å². The number of nitrogens with one attached hydrogen (secondary N) is 1. The van der Waals surface area contributed by atoms with Crippen LogP contribution in [0.15, 0.2) is 0 Å². The van der Waals surface area contributed by atoms with E-state index in [0.29, 0.717) is 0 Å². The number of carbonyl (C=O) groups excluding carboxylic acids is 1. The van der Waals surface area contributed by atoms with Crippen LogP contribution in [0.5, 0.6) is 0 Å². The van der Waals surface area contributed by atoms with Crippen molar-refractivity contribution in [2.45, 2.75) is 32.7 Å². The number of carbonyl (C=O) groups is 1. The van der Waals surface area contributed by atoms with E-state index in [2.05, 4.69) is 15.1 Å². The molecule has 2 fully saturated rings. The van der Waals surface area contributed by atoms with Crippen LogP contribution in [0.2, 0.25) is 0 Å². The van der Waals surface area contributed by atoms with E-state index in [1.165, 1.54) is 12.8 Å². The molecule has 0 unspecified atom stereocenters. The summed E-state index contributed by atoms with van der Waals surface area (Å²) in [7, 11) is 0. The highest BCUT2D eigenvalue weighted by Crippen LogP contribution is 2.27. The summed E-state index contributed by atoms with van der Waals surface area (Å²) in [6.45, 7) is 7.53. The Kier molecular flexibility index (Phi) is 2.86. The van der Waals surface area contributed by atoms with Crippen LogP contribution in [0.4, 0.5) is 0 Å². The largest absolute Gasteiger partial charge is 0.336 e. The van der Waals surface area contributed by atoms with Crippen molar-refractivity contribution >= 4 is 5.91 Å². The lowest BCUT2D eigenvalue weighted by molar-refractivity contribution is 0.0626. The molecule has 1 amide bonds. The zero-order valence-corrected chi connectivity index (χ0v) is 11.1. The van der Waals surface area contributed by atoms with Gasteiger partial charge in [0.05, 0.1) is 11.3 Å². The van der Waals surface area contributed by atoms with Crippen molar-refractivity contribution in [3.8, 4) is 0 Å². The summed E-state index contributed by atoms with van der Waals surface area (Å²) in [6.07, 6.45) is 2.68. The average Bonchev–Trinajstić information content (AvgIpc) is 3.16. The molecule has 2 heterocycles. The highest BCUT2D eigenvalue weighted by molar-refractivity contribution is 5.96. The van der Waals surface area contributed by atoms with E-state index in [1.807, 2.05) is 18.7 Å². The average molecular weight is 248 g/mol. The zero-order chi connectivity index (χ0) is 12.7. The van der Waals surface area contributed by atoms with Crippen LogP contribution in [0.3, 0.4) is 0 Å². The molecule has 0 atom stereocenters. The van der Waals surface area contributed by atoms with Crippen LogP contribution in [-0.2, 0) is 0 Å².